The number of methoxy groups -OCH3 is 1. The Morgan fingerprint density at radius 3 is 2.15 bits per heavy atom. The van der Waals surface area contributed by atoms with Crippen molar-refractivity contribution < 1.29 is 9.84 Å². The second-order valence-corrected chi connectivity index (χ2v) is 4.23. The Labute approximate surface area is 121 Å². The molecule has 20 heavy (non-hydrogen) atoms. The maximum absolute atomic E-state index is 8.52. The van der Waals surface area contributed by atoms with Gasteiger partial charge in [0, 0.05) is 6.61 Å². The van der Waals surface area contributed by atoms with Crippen molar-refractivity contribution >= 4 is 6.08 Å². The highest BCUT2D eigenvalue weighted by atomic mass is 16.5. The molecular formula is C18H22O2. The first-order chi connectivity index (χ1) is 9.80. The van der Waals surface area contributed by atoms with E-state index in [-0.39, 0.29) is 6.61 Å². The van der Waals surface area contributed by atoms with E-state index in [0.717, 1.165) is 12.2 Å². The molecule has 106 valence electrons. The molecule has 0 bridgehead atoms. The molecule has 2 rings (SSSR count). The number of hydrogen-bond donors (Lipinski definition) is 1. The summed E-state index contributed by atoms with van der Waals surface area (Å²) < 4.78 is 5.02. The number of allylic oxidation sites excluding steroid dienone is 1. The van der Waals surface area contributed by atoms with Gasteiger partial charge in [0.25, 0.3) is 0 Å². The molecule has 0 fully saturated rings. The summed E-state index contributed by atoms with van der Waals surface area (Å²) in [7, 11) is 1.67. The molecular weight excluding hydrogens is 248 g/mol. The number of aliphatic hydroxyl groups excluding tert-OH is 1. The van der Waals surface area contributed by atoms with Crippen LogP contribution in [0, 0.1) is 0 Å². The number of benzene rings is 2. The maximum Gasteiger partial charge on any atom is 0.118 e. The zero-order chi connectivity index (χ0) is 14.6. The van der Waals surface area contributed by atoms with Crippen molar-refractivity contribution in [2.24, 2.45) is 0 Å². The summed E-state index contributed by atoms with van der Waals surface area (Å²) >= 11 is 0. The van der Waals surface area contributed by atoms with E-state index in [1.54, 1.807) is 7.11 Å². The van der Waals surface area contributed by atoms with Crippen LogP contribution in [0.15, 0.2) is 60.7 Å². The van der Waals surface area contributed by atoms with Gasteiger partial charge in [0.2, 0.25) is 0 Å². The highest BCUT2D eigenvalue weighted by molar-refractivity contribution is 5.50. The SMILES string of the molecule is CC=Cc1ccc(OC)cc1.OCCc1ccccc1. The number of rotatable bonds is 4. The Morgan fingerprint density at radius 1 is 1.00 bits per heavy atom. The summed E-state index contributed by atoms with van der Waals surface area (Å²) in [6, 6.07) is 17.9. The summed E-state index contributed by atoms with van der Waals surface area (Å²) in [4.78, 5) is 0. The Kier molecular flexibility index (Phi) is 7.85. The lowest BCUT2D eigenvalue weighted by atomic mass is 10.2. The molecule has 0 aliphatic rings. The van der Waals surface area contributed by atoms with Crippen molar-refractivity contribution in [2.45, 2.75) is 13.3 Å². The summed E-state index contributed by atoms with van der Waals surface area (Å²) in [6.45, 7) is 2.24. The van der Waals surface area contributed by atoms with Crippen molar-refractivity contribution in [1.82, 2.24) is 0 Å². The van der Waals surface area contributed by atoms with E-state index >= 15 is 0 Å². The first-order valence-corrected chi connectivity index (χ1v) is 6.71. The number of ether oxygens (including phenoxy) is 1. The quantitative estimate of drug-likeness (QED) is 0.911. The Balaban J connectivity index is 0.000000204. The molecule has 0 unspecified atom stereocenters. The fourth-order valence-electron chi connectivity index (χ4n) is 1.68. The van der Waals surface area contributed by atoms with Gasteiger partial charge in [-0.1, -0.05) is 54.6 Å². The summed E-state index contributed by atoms with van der Waals surface area (Å²) in [6.07, 6.45) is 4.84. The van der Waals surface area contributed by atoms with Crippen molar-refractivity contribution in [2.75, 3.05) is 13.7 Å². The van der Waals surface area contributed by atoms with Crippen molar-refractivity contribution in [3.63, 3.8) is 0 Å². The fraction of sp³-hybridized carbons (Fsp3) is 0.222. The third kappa shape index (κ3) is 6.21. The van der Waals surface area contributed by atoms with Crippen LogP contribution in [0.4, 0.5) is 0 Å². The van der Waals surface area contributed by atoms with Gasteiger partial charge >= 0.3 is 0 Å². The smallest absolute Gasteiger partial charge is 0.118 e. The minimum absolute atomic E-state index is 0.240. The molecule has 0 aliphatic carbocycles. The van der Waals surface area contributed by atoms with E-state index in [1.165, 1.54) is 11.1 Å². The molecule has 0 saturated heterocycles. The van der Waals surface area contributed by atoms with Gasteiger partial charge < -0.3 is 9.84 Å². The topological polar surface area (TPSA) is 29.5 Å². The van der Waals surface area contributed by atoms with Crippen LogP contribution in [0.1, 0.15) is 18.1 Å². The van der Waals surface area contributed by atoms with Crippen LogP contribution in [-0.4, -0.2) is 18.8 Å². The Hall–Kier alpha value is -2.06. The van der Waals surface area contributed by atoms with Gasteiger partial charge in [-0.05, 0) is 36.6 Å². The molecule has 0 atom stereocenters. The van der Waals surface area contributed by atoms with E-state index in [9.17, 15) is 0 Å². The summed E-state index contributed by atoms with van der Waals surface area (Å²) in [5.41, 5.74) is 2.40. The van der Waals surface area contributed by atoms with E-state index in [4.69, 9.17) is 9.84 Å². The van der Waals surface area contributed by atoms with Crippen LogP contribution >= 0.6 is 0 Å². The van der Waals surface area contributed by atoms with Crippen molar-refractivity contribution in [3.8, 4) is 5.75 Å². The van der Waals surface area contributed by atoms with Crippen LogP contribution in [0.2, 0.25) is 0 Å². The monoisotopic (exact) mass is 270 g/mol. The largest absolute Gasteiger partial charge is 0.497 e. The highest BCUT2D eigenvalue weighted by Crippen LogP contribution is 2.11. The molecule has 2 heteroatoms. The van der Waals surface area contributed by atoms with E-state index < -0.39 is 0 Å². The standard InChI is InChI=1S/C10H12O.C8H10O/c1-3-4-9-5-7-10(11-2)8-6-9;9-7-6-8-4-2-1-3-5-8/h3-8H,1-2H3;1-5,9H,6-7H2. The van der Waals surface area contributed by atoms with Crippen molar-refractivity contribution in [1.29, 1.82) is 0 Å². The average Bonchev–Trinajstić information content (AvgIpc) is 2.50. The number of hydrogen-bond acceptors (Lipinski definition) is 2. The van der Waals surface area contributed by atoms with Crippen LogP contribution in [0.5, 0.6) is 5.75 Å². The van der Waals surface area contributed by atoms with Crippen LogP contribution in [-0.2, 0) is 6.42 Å². The maximum atomic E-state index is 8.52. The molecule has 0 aromatic heterocycles. The summed E-state index contributed by atoms with van der Waals surface area (Å²) in [5, 5.41) is 8.52. The predicted molar refractivity (Wildman–Crippen MR) is 84.9 cm³/mol. The first-order valence-electron chi connectivity index (χ1n) is 6.71. The Morgan fingerprint density at radius 2 is 1.65 bits per heavy atom. The molecule has 0 saturated carbocycles. The van der Waals surface area contributed by atoms with Crippen LogP contribution < -0.4 is 4.74 Å². The molecule has 0 amide bonds. The van der Waals surface area contributed by atoms with Gasteiger partial charge in [0.1, 0.15) is 5.75 Å². The first kappa shape index (κ1) is 16.0. The molecule has 0 heterocycles. The third-order valence-corrected chi connectivity index (χ3v) is 2.72. The van der Waals surface area contributed by atoms with Crippen LogP contribution in [0.3, 0.4) is 0 Å². The fourth-order valence-corrected chi connectivity index (χ4v) is 1.68. The van der Waals surface area contributed by atoms with Crippen LogP contribution in [0.25, 0.3) is 6.08 Å². The average molecular weight is 270 g/mol. The van der Waals surface area contributed by atoms with E-state index in [2.05, 4.69) is 6.08 Å². The van der Waals surface area contributed by atoms with Gasteiger partial charge in [0.05, 0.1) is 7.11 Å². The van der Waals surface area contributed by atoms with Gasteiger partial charge in [-0.25, -0.2) is 0 Å². The lowest BCUT2D eigenvalue weighted by Gasteiger charge is -1.98. The van der Waals surface area contributed by atoms with Gasteiger partial charge in [-0.15, -0.1) is 0 Å². The normalized spacial score (nSPS) is 9.95. The highest BCUT2D eigenvalue weighted by Gasteiger charge is 1.88. The van der Waals surface area contributed by atoms with Gasteiger partial charge in [-0.2, -0.15) is 0 Å². The molecule has 2 nitrogen and oxygen atoms in total. The molecule has 2 aromatic carbocycles. The lowest BCUT2D eigenvalue weighted by Crippen LogP contribution is -1.88. The molecule has 0 spiro atoms. The van der Waals surface area contributed by atoms with Gasteiger partial charge in [0.15, 0.2) is 0 Å². The number of aliphatic hydroxyl groups is 1. The molecule has 0 aliphatic heterocycles. The zero-order valence-corrected chi connectivity index (χ0v) is 12.1. The van der Waals surface area contributed by atoms with E-state index in [1.807, 2.05) is 67.6 Å². The molecule has 1 N–H and O–H groups in total. The molecule has 2 aromatic rings. The Bertz CT molecular complexity index is 487. The second-order valence-electron chi connectivity index (χ2n) is 4.23. The minimum Gasteiger partial charge on any atom is -0.497 e. The van der Waals surface area contributed by atoms with E-state index in [0.29, 0.717) is 0 Å². The minimum atomic E-state index is 0.240. The second kappa shape index (κ2) is 9.82. The van der Waals surface area contributed by atoms with Gasteiger partial charge in [-0.3, -0.25) is 0 Å². The lowest BCUT2D eigenvalue weighted by molar-refractivity contribution is 0.299. The van der Waals surface area contributed by atoms with Crippen molar-refractivity contribution in [3.05, 3.63) is 71.8 Å². The summed E-state index contributed by atoms with van der Waals surface area (Å²) in [5.74, 6) is 0.901. The molecule has 0 radical (unpaired) electrons. The third-order valence-electron chi connectivity index (χ3n) is 2.72. The predicted octanol–water partition coefficient (Wildman–Crippen LogP) is 3.95. The zero-order valence-electron chi connectivity index (χ0n) is 12.1.